The highest BCUT2D eigenvalue weighted by molar-refractivity contribution is 6.83. The van der Waals surface area contributed by atoms with E-state index >= 15 is 0 Å². The summed E-state index contributed by atoms with van der Waals surface area (Å²) in [5, 5.41) is 8.82. The second kappa shape index (κ2) is 7.04. The van der Waals surface area contributed by atoms with Gasteiger partial charge in [-0.15, -0.1) is 0 Å². The lowest BCUT2D eigenvalue weighted by atomic mass is 9.62. The average Bonchev–Trinajstić information content (AvgIpc) is 3.44. The Morgan fingerprint density at radius 2 is 1.70 bits per heavy atom. The van der Waals surface area contributed by atoms with Crippen molar-refractivity contribution in [2.24, 2.45) is 10.2 Å². The van der Waals surface area contributed by atoms with E-state index in [4.69, 9.17) is 13.7 Å². The van der Waals surface area contributed by atoms with Crippen LogP contribution in [0.25, 0.3) is 0 Å². The maximum absolute atomic E-state index is 13.0. The third kappa shape index (κ3) is 2.88. The molecule has 1 N–H and O–H groups in total. The Hall–Kier alpha value is -4.14. The van der Waals surface area contributed by atoms with Crippen LogP contribution in [0.4, 0.5) is 5.69 Å². The number of carbonyl (C=O) groups excluding carboxylic acids is 1. The minimum atomic E-state index is -2.42. The second-order valence-electron chi connectivity index (χ2n) is 6.86. The van der Waals surface area contributed by atoms with Gasteiger partial charge < -0.3 is 13.7 Å². The molecular weight excluding hydrogens is 383 g/mol. The van der Waals surface area contributed by atoms with Crippen molar-refractivity contribution in [3.63, 3.8) is 0 Å². The molecule has 0 amide bonds. The number of rotatable bonds is 4. The van der Waals surface area contributed by atoms with Gasteiger partial charge in [0, 0.05) is 6.92 Å². The van der Waals surface area contributed by atoms with Gasteiger partial charge in [0.05, 0.1) is 12.0 Å². The fraction of sp³-hybridized carbons (Fsp3) is 0.0476. The molecule has 0 spiro atoms. The van der Waals surface area contributed by atoms with Gasteiger partial charge in [0.15, 0.2) is 11.5 Å². The first-order chi connectivity index (χ1) is 14.7. The Kier molecular flexibility index (Phi) is 4.20. The first kappa shape index (κ1) is 17.9. The number of fused-ring (bicyclic) bond motifs is 1. The van der Waals surface area contributed by atoms with Crippen LogP contribution in [-0.2, 0) is 14.1 Å². The molecule has 148 valence electrons. The van der Waals surface area contributed by atoms with Crippen molar-refractivity contribution in [3.8, 4) is 0 Å². The minimum absolute atomic E-state index is 0.111. The SMILES string of the molecule is CC1=[N+]2N=C(c3ccco3)O[B-]2(c2ccccc2)OC(=O)/C1=N\Nc1ccccc1. The Morgan fingerprint density at radius 1 is 0.967 bits per heavy atom. The monoisotopic (exact) mass is 400 g/mol. The summed E-state index contributed by atoms with van der Waals surface area (Å²) in [6.07, 6.45) is 1.53. The third-order valence-electron chi connectivity index (χ3n) is 4.96. The van der Waals surface area contributed by atoms with E-state index in [0.717, 1.165) is 5.69 Å². The summed E-state index contributed by atoms with van der Waals surface area (Å²) in [7, 11) is 0. The van der Waals surface area contributed by atoms with Crippen molar-refractivity contribution in [1.82, 2.24) is 0 Å². The molecule has 0 fully saturated rings. The molecule has 3 aromatic rings. The largest absolute Gasteiger partial charge is 0.712 e. The van der Waals surface area contributed by atoms with E-state index in [-0.39, 0.29) is 11.6 Å². The molecule has 0 saturated heterocycles. The molecule has 5 rings (SSSR count). The quantitative estimate of drug-likeness (QED) is 0.537. The predicted molar refractivity (Wildman–Crippen MR) is 113 cm³/mol. The molecule has 1 unspecified atom stereocenters. The molecule has 2 aliphatic heterocycles. The standard InChI is InChI=1S/C21H17BN4O4/c1-15-19(24-23-17-11-6-3-7-12-17)21(27)30-22(16-9-4-2-5-10-16)26(15)25-20(29-22)18-13-8-14-28-18/h2-14,23H,1H3/b24-19-. The fourth-order valence-corrected chi connectivity index (χ4v) is 3.50. The topological polar surface area (TPSA) is 88.4 Å². The van der Waals surface area contributed by atoms with E-state index in [0.29, 0.717) is 16.9 Å². The van der Waals surface area contributed by atoms with Gasteiger partial charge in [-0.1, -0.05) is 48.5 Å². The summed E-state index contributed by atoms with van der Waals surface area (Å²) >= 11 is 0. The number of hydrogen-bond donors (Lipinski definition) is 1. The van der Waals surface area contributed by atoms with Crippen LogP contribution in [0.2, 0.25) is 0 Å². The maximum Gasteiger partial charge on any atom is 0.712 e. The second-order valence-corrected chi connectivity index (χ2v) is 6.86. The van der Waals surface area contributed by atoms with Crippen molar-refractivity contribution in [3.05, 3.63) is 84.8 Å². The highest BCUT2D eigenvalue weighted by atomic mass is 16.7. The van der Waals surface area contributed by atoms with Crippen LogP contribution in [0.5, 0.6) is 0 Å². The van der Waals surface area contributed by atoms with Crippen LogP contribution < -0.4 is 10.9 Å². The molecule has 2 aromatic carbocycles. The summed E-state index contributed by atoms with van der Waals surface area (Å²) in [6.45, 7) is -0.663. The smallest absolute Gasteiger partial charge is 0.597 e. The predicted octanol–water partition coefficient (Wildman–Crippen LogP) is 2.32. The maximum atomic E-state index is 13.0. The van der Waals surface area contributed by atoms with Crippen LogP contribution in [0.15, 0.2) is 93.7 Å². The van der Waals surface area contributed by atoms with Crippen LogP contribution in [0.1, 0.15) is 12.7 Å². The summed E-state index contributed by atoms with van der Waals surface area (Å²) in [5.74, 6) is 0.0616. The normalized spacial score (nSPS) is 21.7. The first-order valence-electron chi connectivity index (χ1n) is 9.44. The van der Waals surface area contributed by atoms with E-state index in [1.165, 1.54) is 6.26 Å². The molecule has 9 heteroatoms. The Bertz CT molecular complexity index is 1190. The number of benzene rings is 2. The first-order valence-corrected chi connectivity index (χ1v) is 9.44. The van der Waals surface area contributed by atoms with Crippen molar-refractivity contribution < 1.29 is 23.1 Å². The number of nitrogens with zero attached hydrogens (tertiary/aromatic N) is 3. The number of hydrazone groups is 2. The average molecular weight is 400 g/mol. The van der Waals surface area contributed by atoms with Crippen LogP contribution in [0, 0.1) is 0 Å². The lowest BCUT2D eigenvalue weighted by Crippen LogP contribution is -2.65. The van der Waals surface area contributed by atoms with Crippen molar-refractivity contribution in [1.29, 1.82) is 0 Å². The van der Waals surface area contributed by atoms with Crippen LogP contribution in [-0.4, -0.2) is 34.6 Å². The molecule has 30 heavy (non-hydrogen) atoms. The molecular formula is C21H17BN4O4. The number of nitrogens with one attached hydrogen (secondary N) is 1. The summed E-state index contributed by atoms with van der Waals surface area (Å²) < 4.78 is 19.0. The van der Waals surface area contributed by atoms with Gasteiger partial charge in [0.2, 0.25) is 5.71 Å². The number of hydrogen-bond acceptors (Lipinski definition) is 7. The molecule has 8 nitrogen and oxygen atoms in total. The highest BCUT2D eigenvalue weighted by Gasteiger charge is 2.61. The molecule has 0 radical (unpaired) electrons. The van der Waals surface area contributed by atoms with Crippen LogP contribution >= 0.6 is 0 Å². The Balaban J connectivity index is 1.62. The molecule has 0 aliphatic carbocycles. The molecule has 2 aliphatic rings. The zero-order valence-corrected chi connectivity index (χ0v) is 16.1. The molecule has 1 atom stereocenters. The van der Waals surface area contributed by atoms with Gasteiger partial charge in [-0.05, 0) is 34.8 Å². The number of para-hydroxylation sites is 1. The lowest BCUT2D eigenvalue weighted by Gasteiger charge is -2.32. The van der Waals surface area contributed by atoms with E-state index in [1.807, 2.05) is 60.7 Å². The summed E-state index contributed by atoms with van der Waals surface area (Å²) in [4.78, 5) is 13.0. The summed E-state index contributed by atoms with van der Waals surface area (Å²) in [6, 6.07) is 22.0. The van der Waals surface area contributed by atoms with E-state index in [1.54, 1.807) is 23.7 Å². The van der Waals surface area contributed by atoms with Gasteiger partial charge in [-0.25, -0.2) is 9.39 Å². The van der Waals surface area contributed by atoms with E-state index in [9.17, 15) is 4.79 Å². The number of carbonyl (C=O) groups is 1. The van der Waals surface area contributed by atoms with E-state index in [2.05, 4.69) is 15.6 Å². The van der Waals surface area contributed by atoms with Gasteiger partial charge in [0.25, 0.3) is 5.90 Å². The minimum Gasteiger partial charge on any atom is -0.597 e. The van der Waals surface area contributed by atoms with Gasteiger partial charge in [-0.3, -0.25) is 5.43 Å². The molecule has 1 aromatic heterocycles. The molecule has 3 heterocycles. The van der Waals surface area contributed by atoms with E-state index < -0.39 is 12.7 Å². The van der Waals surface area contributed by atoms with Gasteiger partial charge in [0.1, 0.15) is 0 Å². The highest BCUT2D eigenvalue weighted by Crippen LogP contribution is 2.25. The van der Waals surface area contributed by atoms with Crippen molar-refractivity contribution in [2.45, 2.75) is 6.92 Å². The van der Waals surface area contributed by atoms with Crippen molar-refractivity contribution >= 4 is 41.1 Å². The van der Waals surface area contributed by atoms with Gasteiger partial charge >= 0.3 is 12.7 Å². The van der Waals surface area contributed by atoms with Crippen molar-refractivity contribution in [2.75, 3.05) is 5.43 Å². The Morgan fingerprint density at radius 3 is 2.40 bits per heavy atom. The molecule has 0 saturated carbocycles. The summed E-state index contributed by atoms with van der Waals surface area (Å²) in [5.41, 5.74) is 4.91. The molecule has 0 bridgehead atoms. The number of furan rings is 1. The number of anilines is 1. The zero-order chi connectivity index (χ0) is 20.6. The zero-order valence-electron chi connectivity index (χ0n) is 16.1. The fourth-order valence-electron chi connectivity index (χ4n) is 3.50. The van der Waals surface area contributed by atoms with Crippen LogP contribution in [0.3, 0.4) is 0 Å². The Labute approximate surface area is 172 Å². The van der Waals surface area contributed by atoms with Gasteiger partial charge in [-0.2, -0.15) is 5.10 Å². The third-order valence-corrected chi connectivity index (χ3v) is 4.96. The lowest BCUT2D eigenvalue weighted by molar-refractivity contribution is -0.421.